The van der Waals surface area contributed by atoms with Crippen LogP contribution in [0.15, 0.2) is 223 Å². The highest BCUT2D eigenvalue weighted by atomic mass is 16.3. The first-order valence-electron chi connectivity index (χ1n) is 20.8. The molecule has 0 aliphatic heterocycles. The lowest BCUT2D eigenvalue weighted by Gasteiger charge is -2.17. The van der Waals surface area contributed by atoms with E-state index >= 15 is 0 Å². The largest absolute Gasteiger partial charge is 0.456 e. The van der Waals surface area contributed by atoms with E-state index < -0.39 is 0 Å². The summed E-state index contributed by atoms with van der Waals surface area (Å²) in [4.78, 5) is 15.7. The van der Waals surface area contributed by atoms with E-state index in [0.717, 1.165) is 99.5 Å². The fourth-order valence-corrected chi connectivity index (χ4v) is 8.82. The van der Waals surface area contributed by atoms with E-state index in [1.807, 2.05) is 48.5 Å². The van der Waals surface area contributed by atoms with Crippen molar-refractivity contribution >= 4 is 43.7 Å². The molecule has 0 spiro atoms. The van der Waals surface area contributed by atoms with Gasteiger partial charge in [0, 0.05) is 38.2 Å². The molecule has 62 heavy (non-hydrogen) atoms. The van der Waals surface area contributed by atoms with Crippen molar-refractivity contribution in [3.8, 4) is 73.2 Å². The third-order valence-electron chi connectivity index (χ3n) is 11.9. The fraction of sp³-hybridized carbons (Fsp3) is 0. The Kier molecular flexibility index (Phi) is 8.42. The lowest BCUT2D eigenvalue weighted by molar-refractivity contribution is 0.669. The smallest absolute Gasteiger partial charge is 0.166 e. The molecule has 0 saturated carbocycles. The zero-order chi connectivity index (χ0) is 41.0. The summed E-state index contributed by atoms with van der Waals surface area (Å²) >= 11 is 0. The van der Waals surface area contributed by atoms with Crippen LogP contribution in [-0.2, 0) is 0 Å². The van der Waals surface area contributed by atoms with Crippen molar-refractivity contribution in [2.45, 2.75) is 0 Å². The zero-order valence-corrected chi connectivity index (χ0v) is 33.5. The van der Waals surface area contributed by atoms with Crippen molar-refractivity contribution < 1.29 is 4.42 Å². The van der Waals surface area contributed by atoms with Crippen LogP contribution in [0.5, 0.6) is 0 Å². The molecule has 3 aromatic heterocycles. The summed E-state index contributed by atoms with van der Waals surface area (Å²) < 4.78 is 8.66. The molecular weight excluding hydrogens is 757 g/mol. The maximum Gasteiger partial charge on any atom is 0.166 e. The van der Waals surface area contributed by atoms with Crippen LogP contribution in [0.25, 0.3) is 117 Å². The number of benzene rings is 9. The molecule has 12 rings (SSSR count). The van der Waals surface area contributed by atoms with Gasteiger partial charge in [0.2, 0.25) is 0 Å². The number of aromatic nitrogens is 4. The summed E-state index contributed by atoms with van der Waals surface area (Å²) in [5.74, 6) is 1.80. The lowest BCUT2D eigenvalue weighted by atomic mass is 9.99. The zero-order valence-electron chi connectivity index (χ0n) is 33.5. The second-order valence-electron chi connectivity index (χ2n) is 15.6. The monoisotopic (exact) mass is 792 g/mol. The van der Waals surface area contributed by atoms with Gasteiger partial charge < -0.3 is 8.98 Å². The summed E-state index contributed by atoms with van der Waals surface area (Å²) in [6.45, 7) is 0. The van der Waals surface area contributed by atoms with Crippen LogP contribution < -0.4 is 0 Å². The SMILES string of the molecule is c1ccc(-c2ccc3c4ccc(-c5ccccc5)cc4n(-c4ccc(-c5ccc6oc7ccccc7c6c5)cc4-c4nc(-c5ccccc5)nc(-c5ccccc5)n4)c3c2)cc1. The molecule has 0 atom stereocenters. The van der Waals surface area contributed by atoms with E-state index in [2.05, 4.69) is 174 Å². The minimum Gasteiger partial charge on any atom is -0.456 e. The highest BCUT2D eigenvalue weighted by Gasteiger charge is 2.22. The van der Waals surface area contributed by atoms with Crippen LogP contribution in [0.4, 0.5) is 0 Å². The summed E-state index contributed by atoms with van der Waals surface area (Å²) in [5.41, 5.74) is 14.3. The minimum absolute atomic E-state index is 0.581. The third kappa shape index (κ3) is 6.14. The number of hydrogen-bond acceptors (Lipinski definition) is 4. The number of fused-ring (bicyclic) bond motifs is 6. The molecule has 0 aliphatic carbocycles. The van der Waals surface area contributed by atoms with Gasteiger partial charge >= 0.3 is 0 Å². The summed E-state index contributed by atoms with van der Waals surface area (Å²) in [5, 5.41) is 4.49. The molecule has 290 valence electrons. The van der Waals surface area contributed by atoms with Crippen molar-refractivity contribution in [1.82, 2.24) is 19.5 Å². The number of hydrogen-bond donors (Lipinski definition) is 0. The number of nitrogens with zero attached hydrogens (tertiary/aromatic N) is 4. The van der Waals surface area contributed by atoms with Crippen molar-refractivity contribution in [3.05, 3.63) is 218 Å². The van der Waals surface area contributed by atoms with Gasteiger partial charge in [0.05, 0.1) is 16.7 Å². The van der Waals surface area contributed by atoms with E-state index in [1.165, 1.54) is 0 Å². The molecule has 0 N–H and O–H groups in total. The van der Waals surface area contributed by atoms with Crippen molar-refractivity contribution in [3.63, 3.8) is 0 Å². The van der Waals surface area contributed by atoms with E-state index in [0.29, 0.717) is 17.5 Å². The molecule has 0 bridgehead atoms. The van der Waals surface area contributed by atoms with Gasteiger partial charge in [0.25, 0.3) is 0 Å². The number of para-hydroxylation sites is 1. The molecule has 5 heteroatoms. The average molecular weight is 793 g/mol. The Balaban J connectivity index is 1.17. The average Bonchev–Trinajstić information content (AvgIpc) is 3.89. The molecule has 0 unspecified atom stereocenters. The Morgan fingerprint density at radius 2 is 0.726 bits per heavy atom. The van der Waals surface area contributed by atoms with Gasteiger partial charge in [-0.25, -0.2) is 15.0 Å². The molecular formula is C57H36N4O. The highest BCUT2D eigenvalue weighted by molar-refractivity contribution is 6.12. The summed E-state index contributed by atoms with van der Waals surface area (Å²) in [6.07, 6.45) is 0. The Labute approximate surface area is 357 Å². The summed E-state index contributed by atoms with van der Waals surface area (Å²) in [6, 6.07) is 76.5. The second kappa shape index (κ2) is 14.7. The molecule has 3 heterocycles. The molecule has 12 aromatic rings. The van der Waals surface area contributed by atoms with Gasteiger partial charge in [-0.05, 0) is 75.8 Å². The Bertz CT molecular complexity index is 3460. The maximum absolute atomic E-state index is 6.25. The fourth-order valence-electron chi connectivity index (χ4n) is 8.82. The van der Waals surface area contributed by atoms with Gasteiger partial charge in [0.1, 0.15) is 11.2 Å². The van der Waals surface area contributed by atoms with E-state index in [9.17, 15) is 0 Å². The number of rotatable bonds is 7. The van der Waals surface area contributed by atoms with Gasteiger partial charge in [0.15, 0.2) is 17.5 Å². The second-order valence-corrected chi connectivity index (χ2v) is 15.6. The predicted octanol–water partition coefficient (Wildman–Crippen LogP) is 14.9. The Morgan fingerprint density at radius 3 is 1.31 bits per heavy atom. The quantitative estimate of drug-likeness (QED) is 0.161. The van der Waals surface area contributed by atoms with Gasteiger partial charge in [-0.3, -0.25) is 0 Å². The third-order valence-corrected chi connectivity index (χ3v) is 11.9. The van der Waals surface area contributed by atoms with E-state index in [1.54, 1.807) is 0 Å². The molecule has 9 aromatic carbocycles. The lowest BCUT2D eigenvalue weighted by Crippen LogP contribution is -2.04. The van der Waals surface area contributed by atoms with Crippen LogP contribution in [0.3, 0.4) is 0 Å². The molecule has 0 fully saturated rings. The standard InChI is InChI=1S/C57H36N4O/c1-5-15-37(16-6-1)43-25-29-45-46-30-26-44(38-17-7-2-8-18-38)36-52(46)61(51(45)35-43)50-31-27-41(42-28-32-54-48(33-42)47-23-13-14-24-53(47)62-54)34-49(50)57-59-55(39-19-9-3-10-20-39)58-56(60-57)40-21-11-4-12-22-40/h1-36H. The van der Waals surface area contributed by atoms with Crippen LogP contribution in [0.1, 0.15) is 0 Å². The van der Waals surface area contributed by atoms with Crippen molar-refractivity contribution in [2.24, 2.45) is 0 Å². The normalized spacial score (nSPS) is 11.5. The van der Waals surface area contributed by atoms with Crippen LogP contribution in [0, 0.1) is 0 Å². The Morgan fingerprint density at radius 1 is 0.290 bits per heavy atom. The predicted molar refractivity (Wildman–Crippen MR) is 254 cm³/mol. The number of furan rings is 1. The van der Waals surface area contributed by atoms with Crippen LogP contribution in [-0.4, -0.2) is 19.5 Å². The van der Waals surface area contributed by atoms with Crippen LogP contribution >= 0.6 is 0 Å². The first kappa shape index (κ1) is 35.5. The first-order chi connectivity index (χ1) is 30.7. The molecule has 0 amide bonds. The van der Waals surface area contributed by atoms with Crippen molar-refractivity contribution in [1.29, 1.82) is 0 Å². The molecule has 0 aliphatic rings. The van der Waals surface area contributed by atoms with Crippen LogP contribution in [0.2, 0.25) is 0 Å². The minimum atomic E-state index is 0.581. The topological polar surface area (TPSA) is 56.7 Å². The van der Waals surface area contributed by atoms with E-state index in [4.69, 9.17) is 19.4 Å². The summed E-state index contributed by atoms with van der Waals surface area (Å²) in [7, 11) is 0. The van der Waals surface area contributed by atoms with Gasteiger partial charge in [-0.2, -0.15) is 0 Å². The van der Waals surface area contributed by atoms with E-state index in [-0.39, 0.29) is 0 Å². The van der Waals surface area contributed by atoms with Crippen molar-refractivity contribution in [2.75, 3.05) is 0 Å². The Hall–Kier alpha value is -8.41. The molecule has 5 nitrogen and oxygen atoms in total. The van der Waals surface area contributed by atoms with Gasteiger partial charge in [-0.1, -0.05) is 176 Å². The highest BCUT2D eigenvalue weighted by Crippen LogP contribution is 2.41. The van der Waals surface area contributed by atoms with Gasteiger partial charge in [-0.15, -0.1) is 0 Å². The molecule has 0 radical (unpaired) electrons. The molecule has 0 saturated heterocycles. The first-order valence-corrected chi connectivity index (χ1v) is 20.8. The maximum atomic E-state index is 6.25.